The van der Waals surface area contributed by atoms with Crippen molar-refractivity contribution in [2.24, 2.45) is 0 Å². The first-order valence-corrected chi connectivity index (χ1v) is 7.93. The molecule has 1 aromatic rings. The van der Waals surface area contributed by atoms with E-state index >= 15 is 0 Å². The fourth-order valence-electron chi connectivity index (χ4n) is 1.63. The molecular formula is C13H19N3O3S. The van der Waals surface area contributed by atoms with Crippen molar-refractivity contribution in [1.29, 1.82) is 5.26 Å². The number of anilines is 1. The largest absolute Gasteiger partial charge is 0.492 e. The van der Waals surface area contributed by atoms with Crippen LogP contribution in [0.3, 0.4) is 0 Å². The van der Waals surface area contributed by atoms with E-state index in [0.717, 1.165) is 0 Å². The van der Waals surface area contributed by atoms with Gasteiger partial charge in [-0.25, -0.2) is 12.7 Å². The molecule has 20 heavy (non-hydrogen) atoms. The summed E-state index contributed by atoms with van der Waals surface area (Å²) < 4.78 is 30.7. The van der Waals surface area contributed by atoms with E-state index in [9.17, 15) is 8.42 Å². The zero-order valence-electron chi connectivity index (χ0n) is 11.4. The Morgan fingerprint density at radius 3 is 2.55 bits per heavy atom. The highest BCUT2D eigenvalue weighted by Gasteiger charge is 2.19. The van der Waals surface area contributed by atoms with Gasteiger partial charge in [0.05, 0.1) is 11.8 Å². The molecule has 0 unspecified atom stereocenters. The van der Waals surface area contributed by atoms with Gasteiger partial charge in [-0.3, -0.25) is 0 Å². The van der Waals surface area contributed by atoms with Gasteiger partial charge >= 0.3 is 0 Å². The smallest absolute Gasteiger partial charge is 0.217 e. The van der Waals surface area contributed by atoms with Crippen LogP contribution in [0.1, 0.15) is 13.3 Å². The molecule has 0 aliphatic rings. The molecule has 0 saturated heterocycles. The molecule has 0 spiro atoms. The lowest BCUT2D eigenvalue weighted by molar-refractivity contribution is 0.335. The number of nitrogen functional groups attached to an aromatic ring is 1. The molecule has 0 atom stereocenters. The summed E-state index contributed by atoms with van der Waals surface area (Å²) in [5, 5.41) is 8.52. The van der Waals surface area contributed by atoms with E-state index in [1.165, 1.54) is 4.31 Å². The maximum Gasteiger partial charge on any atom is 0.217 e. The van der Waals surface area contributed by atoms with Crippen LogP contribution in [-0.2, 0) is 10.0 Å². The number of benzene rings is 1. The number of hydrogen-bond donors (Lipinski definition) is 1. The first kappa shape index (κ1) is 16.3. The van der Waals surface area contributed by atoms with Gasteiger partial charge in [0.25, 0.3) is 0 Å². The van der Waals surface area contributed by atoms with Gasteiger partial charge in [-0.15, -0.1) is 0 Å². The van der Waals surface area contributed by atoms with Crippen LogP contribution in [0.4, 0.5) is 5.69 Å². The zero-order chi connectivity index (χ0) is 15.0. The average Bonchev–Trinajstić information content (AvgIpc) is 2.41. The summed E-state index contributed by atoms with van der Waals surface area (Å²) in [6.45, 7) is 2.38. The van der Waals surface area contributed by atoms with Crippen molar-refractivity contribution in [3.63, 3.8) is 0 Å². The highest BCUT2D eigenvalue weighted by atomic mass is 32.2. The van der Waals surface area contributed by atoms with Crippen molar-refractivity contribution in [2.75, 3.05) is 31.2 Å². The normalized spacial score (nSPS) is 11.2. The van der Waals surface area contributed by atoms with Crippen molar-refractivity contribution in [2.45, 2.75) is 13.3 Å². The minimum atomic E-state index is -3.39. The summed E-state index contributed by atoms with van der Waals surface area (Å²) in [7, 11) is -3.39. The first-order chi connectivity index (χ1) is 9.49. The zero-order valence-corrected chi connectivity index (χ0v) is 12.3. The number of sulfonamides is 1. The lowest BCUT2D eigenvalue weighted by Crippen LogP contribution is -2.35. The molecule has 0 heterocycles. The molecule has 0 amide bonds. The molecule has 1 rings (SSSR count). The Bertz CT molecular complexity index is 549. The highest BCUT2D eigenvalue weighted by molar-refractivity contribution is 7.89. The van der Waals surface area contributed by atoms with Crippen molar-refractivity contribution in [1.82, 2.24) is 4.31 Å². The second-order valence-electron chi connectivity index (χ2n) is 4.13. The summed E-state index contributed by atoms with van der Waals surface area (Å²) in [6.07, 6.45) is 0.186. The van der Waals surface area contributed by atoms with Crippen LogP contribution in [0, 0.1) is 11.3 Å². The Hall–Kier alpha value is -1.78. The maximum atomic E-state index is 12.0. The topological polar surface area (TPSA) is 96.4 Å². The minimum absolute atomic E-state index is 0.0648. The molecule has 6 nitrogen and oxygen atoms in total. The Balaban J connectivity index is 2.50. The lowest BCUT2D eigenvalue weighted by atomic mass is 10.3. The summed E-state index contributed by atoms with van der Waals surface area (Å²) >= 11 is 0. The van der Waals surface area contributed by atoms with Crippen molar-refractivity contribution < 1.29 is 13.2 Å². The third-order valence-corrected chi connectivity index (χ3v) is 4.62. The summed E-state index contributed by atoms with van der Waals surface area (Å²) in [5.41, 5.74) is 6.17. The number of ether oxygens (including phenoxy) is 1. The molecule has 0 radical (unpaired) electrons. The molecule has 0 aliphatic carbocycles. The van der Waals surface area contributed by atoms with E-state index in [0.29, 0.717) is 18.0 Å². The van der Waals surface area contributed by atoms with E-state index in [1.807, 2.05) is 6.07 Å². The Morgan fingerprint density at radius 2 is 2.00 bits per heavy atom. The van der Waals surface area contributed by atoms with Gasteiger partial charge in [-0.2, -0.15) is 5.26 Å². The van der Waals surface area contributed by atoms with E-state index in [1.54, 1.807) is 31.2 Å². The Kier molecular flexibility index (Phi) is 6.28. The molecule has 1 aromatic carbocycles. The van der Waals surface area contributed by atoms with Gasteiger partial charge < -0.3 is 10.5 Å². The molecule has 0 fully saturated rings. The summed E-state index contributed by atoms with van der Waals surface area (Å²) in [5.74, 6) is 0.464. The molecule has 0 saturated carbocycles. The number of nitrogens with two attached hydrogens (primary N) is 1. The third kappa shape index (κ3) is 5.07. The highest BCUT2D eigenvalue weighted by Crippen LogP contribution is 2.13. The molecule has 7 heteroatoms. The van der Waals surface area contributed by atoms with Crippen LogP contribution >= 0.6 is 0 Å². The molecule has 2 N–H and O–H groups in total. The van der Waals surface area contributed by atoms with Gasteiger partial charge in [-0.05, 0) is 24.3 Å². The lowest BCUT2D eigenvalue weighted by Gasteiger charge is -2.19. The van der Waals surface area contributed by atoms with E-state index in [-0.39, 0.29) is 25.3 Å². The molecule has 0 aromatic heterocycles. The van der Waals surface area contributed by atoms with Gasteiger partial charge in [0, 0.05) is 25.2 Å². The SMILES string of the molecule is CCN(CCC#N)S(=O)(=O)CCOc1ccc(N)cc1. The third-order valence-electron chi connectivity index (χ3n) is 2.71. The van der Waals surface area contributed by atoms with Crippen LogP contribution in [0.15, 0.2) is 24.3 Å². The van der Waals surface area contributed by atoms with Crippen molar-refractivity contribution >= 4 is 15.7 Å². The molecule has 110 valence electrons. The Labute approximate surface area is 119 Å². The van der Waals surface area contributed by atoms with Crippen LogP contribution in [0.2, 0.25) is 0 Å². The molecule has 0 aliphatic heterocycles. The number of nitrogens with zero attached hydrogens (tertiary/aromatic N) is 2. The van der Waals surface area contributed by atoms with Crippen LogP contribution in [-0.4, -0.2) is 38.2 Å². The second kappa shape index (κ2) is 7.72. The summed E-state index contributed by atoms with van der Waals surface area (Å²) in [4.78, 5) is 0. The number of nitriles is 1. The van der Waals surface area contributed by atoms with Crippen LogP contribution < -0.4 is 10.5 Å². The average molecular weight is 297 g/mol. The predicted molar refractivity (Wildman–Crippen MR) is 77.6 cm³/mol. The summed E-state index contributed by atoms with van der Waals surface area (Å²) in [6, 6.07) is 8.70. The van der Waals surface area contributed by atoms with Gasteiger partial charge in [-0.1, -0.05) is 6.92 Å². The predicted octanol–water partition coefficient (Wildman–Crippen LogP) is 1.21. The van der Waals surface area contributed by atoms with E-state index in [2.05, 4.69) is 0 Å². The minimum Gasteiger partial charge on any atom is -0.492 e. The van der Waals surface area contributed by atoms with E-state index < -0.39 is 10.0 Å². The quantitative estimate of drug-likeness (QED) is 0.728. The van der Waals surface area contributed by atoms with Crippen molar-refractivity contribution in [3.8, 4) is 11.8 Å². The van der Waals surface area contributed by atoms with Gasteiger partial charge in [0.15, 0.2) is 0 Å². The number of hydrogen-bond acceptors (Lipinski definition) is 5. The fraction of sp³-hybridized carbons (Fsp3) is 0.462. The first-order valence-electron chi connectivity index (χ1n) is 6.32. The number of rotatable bonds is 8. The molecular weight excluding hydrogens is 278 g/mol. The standard InChI is InChI=1S/C13H19N3O3S/c1-2-16(9-3-8-14)20(17,18)11-10-19-13-6-4-12(15)5-7-13/h4-7H,2-3,9-11,15H2,1H3. The fourth-order valence-corrected chi connectivity index (χ4v) is 2.94. The van der Waals surface area contributed by atoms with E-state index in [4.69, 9.17) is 15.7 Å². The van der Waals surface area contributed by atoms with Gasteiger partial charge in [0.2, 0.25) is 10.0 Å². The second-order valence-corrected chi connectivity index (χ2v) is 6.22. The monoisotopic (exact) mass is 297 g/mol. The van der Waals surface area contributed by atoms with Gasteiger partial charge in [0.1, 0.15) is 12.4 Å². The van der Waals surface area contributed by atoms with Crippen LogP contribution in [0.5, 0.6) is 5.75 Å². The maximum absolute atomic E-state index is 12.0. The van der Waals surface area contributed by atoms with Crippen molar-refractivity contribution in [3.05, 3.63) is 24.3 Å². The molecule has 0 bridgehead atoms. The Morgan fingerprint density at radius 1 is 1.35 bits per heavy atom. The van der Waals surface area contributed by atoms with Crippen LogP contribution in [0.25, 0.3) is 0 Å².